The van der Waals surface area contributed by atoms with E-state index in [9.17, 15) is 4.79 Å². The average molecular weight is 238 g/mol. The number of hydrogen-bond acceptors (Lipinski definition) is 6. The summed E-state index contributed by atoms with van der Waals surface area (Å²) >= 11 is 0. The summed E-state index contributed by atoms with van der Waals surface area (Å²) < 4.78 is 0. The summed E-state index contributed by atoms with van der Waals surface area (Å²) in [6.07, 6.45) is 0. The molecule has 0 radical (unpaired) electrons. The SMILES string of the molecule is CC(C)(C)c1nc(NN)cc(NCC(N)=O)n1. The van der Waals surface area contributed by atoms with Gasteiger partial charge in [-0.15, -0.1) is 0 Å². The first-order valence-electron chi connectivity index (χ1n) is 5.21. The monoisotopic (exact) mass is 238 g/mol. The largest absolute Gasteiger partial charge is 0.368 e. The molecular weight excluding hydrogens is 220 g/mol. The molecule has 6 N–H and O–H groups in total. The number of nitrogen functional groups attached to an aromatic ring is 1. The fourth-order valence-electron chi connectivity index (χ4n) is 1.12. The lowest BCUT2D eigenvalue weighted by Crippen LogP contribution is -2.24. The van der Waals surface area contributed by atoms with Gasteiger partial charge in [0.15, 0.2) is 0 Å². The van der Waals surface area contributed by atoms with Gasteiger partial charge in [-0.1, -0.05) is 20.8 Å². The van der Waals surface area contributed by atoms with Crippen molar-refractivity contribution in [2.24, 2.45) is 11.6 Å². The molecule has 0 aliphatic heterocycles. The minimum atomic E-state index is -0.455. The van der Waals surface area contributed by atoms with Gasteiger partial charge in [-0.25, -0.2) is 15.8 Å². The highest BCUT2D eigenvalue weighted by atomic mass is 16.1. The van der Waals surface area contributed by atoms with Crippen LogP contribution in [0.2, 0.25) is 0 Å². The second-order valence-corrected chi connectivity index (χ2v) is 4.68. The van der Waals surface area contributed by atoms with E-state index in [0.717, 1.165) is 0 Å². The van der Waals surface area contributed by atoms with Gasteiger partial charge in [0.25, 0.3) is 0 Å². The van der Waals surface area contributed by atoms with Crippen molar-refractivity contribution in [3.05, 3.63) is 11.9 Å². The van der Waals surface area contributed by atoms with E-state index in [1.165, 1.54) is 0 Å². The molecule has 0 aromatic carbocycles. The van der Waals surface area contributed by atoms with Crippen molar-refractivity contribution < 1.29 is 4.79 Å². The van der Waals surface area contributed by atoms with E-state index in [-0.39, 0.29) is 12.0 Å². The number of nitrogens with zero attached hydrogens (tertiary/aromatic N) is 2. The topological polar surface area (TPSA) is 119 Å². The Hall–Kier alpha value is -1.89. The van der Waals surface area contributed by atoms with Gasteiger partial charge in [0, 0.05) is 11.5 Å². The molecule has 1 heterocycles. The highest BCUT2D eigenvalue weighted by Crippen LogP contribution is 2.21. The zero-order valence-corrected chi connectivity index (χ0v) is 10.2. The van der Waals surface area contributed by atoms with Gasteiger partial charge in [0.05, 0.1) is 6.54 Å². The summed E-state index contributed by atoms with van der Waals surface area (Å²) in [4.78, 5) is 19.2. The van der Waals surface area contributed by atoms with Crippen LogP contribution >= 0.6 is 0 Å². The Morgan fingerprint density at radius 2 is 1.94 bits per heavy atom. The third-order valence-corrected chi connectivity index (χ3v) is 1.99. The van der Waals surface area contributed by atoms with Gasteiger partial charge in [-0.3, -0.25) is 4.79 Å². The van der Waals surface area contributed by atoms with Crippen molar-refractivity contribution in [2.45, 2.75) is 26.2 Å². The number of rotatable bonds is 4. The molecule has 94 valence electrons. The van der Waals surface area contributed by atoms with Crippen LogP contribution in [0.5, 0.6) is 0 Å². The smallest absolute Gasteiger partial charge is 0.236 e. The summed E-state index contributed by atoms with van der Waals surface area (Å²) in [5, 5.41) is 2.81. The van der Waals surface area contributed by atoms with Crippen molar-refractivity contribution in [3.63, 3.8) is 0 Å². The molecule has 0 saturated heterocycles. The number of hydrogen-bond donors (Lipinski definition) is 4. The Bertz CT molecular complexity index is 412. The molecule has 0 atom stereocenters. The summed E-state index contributed by atoms with van der Waals surface area (Å²) in [6.45, 7) is 5.98. The van der Waals surface area contributed by atoms with E-state index in [0.29, 0.717) is 17.5 Å². The van der Waals surface area contributed by atoms with Crippen LogP contribution in [0.4, 0.5) is 11.6 Å². The fraction of sp³-hybridized carbons (Fsp3) is 0.500. The van der Waals surface area contributed by atoms with E-state index in [1.807, 2.05) is 20.8 Å². The third kappa shape index (κ3) is 3.87. The second-order valence-electron chi connectivity index (χ2n) is 4.68. The van der Waals surface area contributed by atoms with E-state index >= 15 is 0 Å². The maximum Gasteiger partial charge on any atom is 0.236 e. The Labute approximate surface area is 100.0 Å². The van der Waals surface area contributed by atoms with Crippen molar-refractivity contribution in [2.75, 3.05) is 17.3 Å². The number of hydrazine groups is 1. The molecule has 1 rings (SSSR count). The van der Waals surface area contributed by atoms with Gasteiger partial charge < -0.3 is 16.5 Å². The number of carbonyl (C=O) groups excluding carboxylic acids is 1. The van der Waals surface area contributed by atoms with Crippen molar-refractivity contribution in [1.29, 1.82) is 0 Å². The van der Waals surface area contributed by atoms with Crippen LogP contribution in [0, 0.1) is 0 Å². The van der Waals surface area contributed by atoms with Crippen molar-refractivity contribution in [3.8, 4) is 0 Å². The molecule has 0 spiro atoms. The first-order chi connectivity index (χ1) is 7.82. The Morgan fingerprint density at radius 3 is 2.41 bits per heavy atom. The van der Waals surface area contributed by atoms with Crippen LogP contribution in [0.15, 0.2) is 6.07 Å². The van der Waals surface area contributed by atoms with E-state index in [4.69, 9.17) is 11.6 Å². The summed E-state index contributed by atoms with van der Waals surface area (Å²) in [5.74, 6) is 6.49. The fourth-order valence-corrected chi connectivity index (χ4v) is 1.12. The van der Waals surface area contributed by atoms with Crippen molar-refractivity contribution in [1.82, 2.24) is 9.97 Å². The van der Waals surface area contributed by atoms with Gasteiger partial charge in [-0.05, 0) is 0 Å². The first kappa shape index (κ1) is 13.2. The van der Waals surface area contributed by atoms with E-state index in [1.54, 1.807) is 6.07 Å². The Kier molecular flexibility index (Phi) is 3.84. The lowest BCUT2D eigenvalue weighted by molar-refractivity contribution is -0.116. The zero-order chi connectivity index (χ0) is 13.1. The zero-order valence-electron chi connectivity index (χ0n) is 10.2. The maximum absolute atomic E-state index is 10.7. The van der Waals surface area contributed by atoms with Gasteiger partial charge in [-0.2, -0.15) is 0 Å². The lowest BCUT2D eigenvalue weighted by Gasteiger charge is -2.18. The number of nitrogens with one attached hydrogen (secondary N) is 2. The normalized spacial score (nSPS) is 11.1. The quantitative estimate of drug-likeness (QED) is 0.431. The summed E-state index contributed by atoms with van der Waals surface area (Å²) in [6, 6.07) is 1.61. The van der Waals surface area contributed by atoms with Crippen LogP contribution < -0.4 is 22.3 Å². The van der Waals surface area contributed by atoms with Crippen LogP contribution in [-0.2, 0) is 10.2 Å². The highest BCUT2D eigenvalue weighted by Gasteiger charge is 2.19. The maximum atomic E-state index is 10.7. The molecule has 1 amide bonds. The van der Waals surface area contributed by atoms with Gasteiger partial charge in [0.2, 0.25) is 5.91 Å². The van der Waals surface area contributed by atoms with Crippen LogP contribution in [0.3, 0.4) is 0 Å². The molecule has 7 nitrogen and oxygen atoms in total. The number of anilines is 2. The molecule has 0 fully saturated rings. The summed E-state index contributed by atoms with van der Waals surface area (Å²) in [7, 11) is 0. The molecule has 1 aromatic rings. The highest BCUT2D eigenvalue weighted by molar-refractivity contribution is 5.78. The molecule has 1 aromatic heterocycles. The van der Waals surface area contributed by atoms with Crippen molar-refractivity contribution >= 4 is 17.5 Å². The number of aromatic nitrogens is 2. The Morgan fingerprint density at radius 1 is 1.35 bits per heavy atom. The number of primary amides is 1. The van der Waals surface area contributed by atoms with E-state index in [2.05, 4.69) is 20.7 Å². The lowest BCUT2D eigenvalue weighted by atomic mass is 9.96. The molecule has 0 saturated carbocycles. The second kappa shape index (κ2) is 4.96. The minimum Gasteiger partial charge on any atom is -0.368 e. The van der Waals surface area contributed by atoms with E-state index < -0.39 is 5.91 Å². The van der Waals surface area contributed by atoms with Gasteiger partial charge in [0.1, 0.15) is 17.5 Å². The number of amides is 1. The predicted molar refractivity (Wildman–Crippen MR) is 66.2 cm³/mol. The molecule has 0 bridgehead atoms. The molecule has 17 heavy (non-hydrogen) atoms. The number of carbonyl (C=O) groups is 1. The predicted octanol–water partition coefficient (Wildman–Crippen LogP) is -0.0431. The molecule has 0 aliphatic rings. The average Bonchev–Trinajstić information content (AvgIpc) is 2.24. The third-order valence-electron chi connectivity index (χ3n) is 1.99. The molecular formula is C10H18N6O. The van der Waals surface area contributed by atoms with Gasteiger partial charge >= 0.3 is 0 Å². The molecule has 7 heteroatoms. The standard InChI is InChI=1S/C10H18N6O/c1-10(2,3)9-14-7(13-5-6(11)17)4-8(15-9)16-12/h4H,5,12H2,1-3H3,(H2,11,17)(H2,13,14,15,16). The number of nitrogens with two attached hydrogens (primary N) is 2. The van der Waals surface area contributed by atoms with Crippen LogP contribution in [0.1, 0.15) is 26.6 Å². The summed E-state index contributed by atoms with van der Waals surface area (Å²) in [5.41, 5.74) is 7.30. The van der Waals surface area contributed by atoms with Crippen LogP contribution in [0.25, 0.3) is 0 Å². The van der Waals surface area contributed by atoms with Crippen LogP contribution in [-0.4, -0.2) is 22.4 Å². The molecule has 0 unspecified atom stereocenters. The molecule has 0 aliphatic carbocycles. The first-order valence-corrected chi connectivity index (χ1v) is 5.21. The minimum absolute atomic E-state index is 0.0185. The Balaban J connectivity index is 3.01.